The summed E-state index contributed by atoms with van der Waals surface area (Å²) in [5.74, 6) is 0. The molecule has 0 aliphatic carbocycles. The van der Waals surface area contributed by atoms with Crippen LogP contribution in [0.15, 0.2) is 0 Å². The van der Waals surface area contributed by atoms with E-state index in [4.69, 9.17) is 21.0 Å². The van der Waals surface area contributed by atoms with Gasteiger partial charge in [0.05, 0.1) is 0 Å². The van der Waals surface area contributed by atoms with Gasteiger partial charge in [0.2, 0.25) is 0 Å². The molecule has 0 heterocycles. The number of nitrogens with two attached hydrogens (primary N) is 2. The van der Waals surface area contributed by atoms with Gasteiger partial charge in [0.15, 0.2) is 0 Å². The van der Waals surface area contributed by atoms with E-state index in [-0.39, 0.29) is 29.7 Å². The molecular formula is C4H4CrN6S4. The largest absolute Gasteiger partial charge is 6.00 e. The molecule has 0 spiro atoms. The molecule has 0 saturated carbocycles. The van der Waals surface area contributed by atoms with Crippen LogP contribution in [0, 0.1) is 42.7 Å². The molecule has 0 bridgehead atoms. The van der Waals surface area contributed by atoms with E-state index < -0.39 is 0 Å². The van der Waals surface area contributed by atoms with E-state index in [0.717, 1.165) is 0 Å². The second-order valence-corrected chi connectivity index (χ2v) is 1.10. The molecule has 0 aromatic heterocycles. The van der Waals surface area contributed by atoms with Crippen molar-refractivity contribution in [3.63, 3.8) is 0 Å². The Morgan fingerprint density at radius 1 is 0.533 bits per heavy atom. The summed E-state index contributed by atoms with van der Waals surface area (Å²) >= 11 is 14.8. The molecule has 4 N–H and O–H groups in total. The molecule has 0 aliphatic rings. The molecule has 0 amide bonds. The van der Waals surface area contributed by atoms with E-state index in [1.807, 2.05) is 0 Å². The first kappa shape index (κ1) is 47.5. The van der Waals surface area contributed by atoms with Crippen LogP contribution in [-0.4, -0.2) is 0 Å². The standard InChI is InChI=1S/4CHNS.Cr.2H2N/c4*2-1-3;;;/h4*3H;;2*1H2/q;;;;+6;2*-1/p-4. The maximum atomic E-state index is 7.13. The molecule has 6 nitrogen and oxygen atoms in total. The molecule has 11 heteroatoms. The first-order chi connectivity index (χ1) is 5.66. The number of nitrogens with zero attached hydrogens (tertiary/aromatic N) is 4. The Morgan fingerprint density at radius 3 is 0.533 bits per heavy atom. The second-order valence-electron chi connectivity index (χ2n) is 0.365. The molecule has 80 valence electrons. The summed E-state index contributed by atoms with van der Waals surface area (Å²) in [6.07, 6.45) is 0. The van der Waals surface area contributed by atoms with E-state index in [9.17, 15) is 0 Å². The van der Waals surface area contributed by atoms with Gasteiger partial charge in [-0.2, -0.15) is 0 Å². The first-order valence-corrected chi connectivity index (χ1v) is 3.34. The van der Waals surface area contributed by atoms with Crippen molar-refractivity contribution in [2.24, 2.45) is 0 Å². The van der Waals surface area contributed by atoms with Crippen molar-refractivity contribution in [1.82, 2.24) is 0 Å². The van der Waals surface area contributed by atoms with Crippen LogP contribution in [0.4, 0.5) is 0 Å². The van der Waals surface area contributed by atoms with Gasteiger partial charge < -0.3 is 62.8 Å². The average Bonchev–Trinajstić information content (AvgIpc) is 1.92. The summed E-state index contributed by atoms with van der Waals surface area (Å²) < 4.78 is 0. The van der Waals surface area contributed by atoms with Crippen LogP contribution in [0.2, 0.25) is 0 Å². The van der Waals surface area contributed by atoms with E-state index in [1.165, 1.54) is 21.6 Å². The third-order valence-corrected chi connectivity index (χ3v) is 0. The SMILES string of the molecule is N#C[S-].N#C[S-].N#C[S-].N#C[S-].[Cr+6].[NH2-].[NH2-]. The summed E-state index contributed by atoms with van der Waals surface area (Å²) in [6, 6.07) is 0. The predicted octanol–water partition coefficient (Wildman–Crippen LogP) is 1.49. The van der Waals surface area contributed by atoms with Crippen molar-refractivity contribution in [3.8, 4) is 21.6 Å². The van der Waals surface area contributed by atoms with Crippen molar-refractivity contribution in [3.05, 3.63) is 12.3 Å². The Kier molecular flexibility index (Phi) is 587. The van der Waals surface area contributed by atoms with E-state index in [0.29, 0.717) is 0 Å². The summed E-state index contributed by atoms with van der Waals surface area (Å²) in [6.45, 7) is 0. The number of nitriles is 4. The maximum Gasteiger partial charge on any atom is 6.00 e. The second kappa shape index (κ2) is 185. The number of hydrogen-bond acceptors (Lipinski definition) is 8. The van der Waals surface area contributed by atoms with Crippen LogP contribution < -0.4 is 0 Å². The fraction of sp³-hybridized carbons (Fsp3) is 0. The van der Waals surface area contributed by atoms with Crippen molar-refractivity contribution < 1.29 is 17.4 Å². The van der Waals surface area contributed by atoms with Gasteiger partial charge in [0.1, 0.15) is 0 Å². The maximum absolute atomic E-state index is 7.13. The predicted molar refractivity (Wildman–Crippen MR) is 62.5 cm³/mol. The van der Waals surface area contributed by atoms with Crippen molar-refractivity contribution in [2.75, 3.05) is 0 Å². The van der Waals surface area contributed by atoms with Crippen molar-refractivity contribution in [1.29, 1.82) is 21.0 Å². The fourth-order valence-corrected chi connectivity index (χ4v) is 0. The van der Waals surface area contributed by atoms with Crippen LogP contribution >= 0.6 is 0 Å². The van der Waals surface area contributed by atoms with E-state index in [2.05, 4.69) is 50.5 Å². The molecule has 0 atom stereocenters. The third kappa shape index (κ3) is 3390. The summed E-state index contributed by atoms with van der Waals surface area (Å²) in [4.78, 5) is 0. The Hall–Kier alpha value is -0.708. The molecule has 0 fully saturated rings. The number of rotatable bonds is 0. The fourth-order valence-electron chi connectivity index (χ4n) is 0. The number of hydrogen-bond donors (Lipinski definition) is 0. The van der Waals surface area contributed by atoms with Crippen LogP contribution in [0.3, 0.4) is 0 Å². The Morgan fingerprint density at radius 2 is 0.533 bits per heavy atom. The molecule has 0 radical (unpaired) electrons. The minimum absolute atomic E-state index is 0. The minimum Gasteiger partial charge on any atom is -0.696 e. The van der Waals surface area contributed by atoms with E-state index >= 15 is 0 Å². The van der Waals surface area contributed by atoms with Gasteiger partial charge in [-0.05, 0) is 0 Å². The van der Waals surface area contributed by atoms with Crippen LogP contribution in [0.1, 0.15) is 0 Å². The Labute approximate surface area is 122 Å². The molecule has 0 saturated heterocycles. The third-order valence-electron chi connectivity index (χ3n) is 0. The molecule has 15 heavy (non-hydrogen) atoms. The summed E-state index contributed by atoms with van der Waals surface area (Å²) in [7, 11) is 0. The Bertz CT molecular complexity index is 161. The zero-order valence-corrected chi connectivity index (χ0v) is 11.5. The molecule has 0 aromatic rings. The van der Waals surface area contributed by atoms with Crippen LogP contribution in [-0.2, 0) is 67.9 Å². The van der Waals surface area contributed by atoms with Gasteiger partial charge in [0.25, 0.3) is 0 Å². The topological polar surface area (TPSA) is 162 Å². The monoisotopic (exact) mass is 316 g/mol. The summed E-state index contributed by atoms with van der Waals surface area (Å²) in [5.41, 5.74) is 0. The normalized spacial score (nSPS) is 1.87. The van der Waals surface area contributed by atoms with Gasteiger partial charge in [-0.1, -0.05) is 21.6 Å². The van der Waals surface area contributed by atoms with Gasteiger partial charge in [-0.15, -0.1) is 0 Å². The van der Waals surface area contributed by atoms with Gasteiger partial charge in [0, 0.05) is 0 Å². The van der Waals surface area contributed by atoms with Crippen molar-refractivity contribution >= 4 is 50.5 Å². The smallest absolute Gasteiger partial charge is 0.696 e. The molecular weight excluding hydrogens is 312 g/mol. The number of thiocyanates is 4. The van der Waals surface area contributed by atoms with Crippen LogP contribution in [0.5, 0.6) is 0 Å². The minimum atomic E-state index is 0. The van der Waals surface area contributed by atoms with Crippen molar-refractivity contribution in [2.45, 2.75) is 0 Å². The first-order valence-electron chi connectivity index (χ1n) is 1.71. The molecule has 0 aliphatic heterocycles. The summed E-state index contributed by atoms with van der Waals surface area (Å²) in [5, 5.41) is 33.9. The molecule has 0 aromatic carbocycles. The zero-order chi connectivity index (χ0) is 10.8. The average molecular weight is 316 g/mol. The zero-order valence-electron chi connectivity index (χ0n) is 6.98. The van der Waals surface area contributed by atoms with Gasteiger partial charge in [-0.25, -0.2) is 21.0 Å². The molecule has 0 unspecified atom stereocenters. The van der Waals surface area contributed by atoms with Gasteiger partial charge in [-0.3, -0.25) is 0 Å². The van der Waals surface area contributed by atoms with Crippen LogP contribution in [0.25, 0.3) is 12.3 Å². The van der Waals surface area contributed by atoms with Gasteiger partial charge >= 0.3 is 17.4 Å². The quantitative estimate of drug-likeness (QED) is 0.479. The van der Waals surface area contributed by atoms with E-state index in [1.54, 1.807) is 0 Å². The molecule has 0 rings (SSSR count). The Balaban J connectivity index is -0.0000000107.